The van der Waals surface area contributed by atoms with Crippen molar-refractivity contribution in [2.45, 2.75) is 58.0 Å². The molecular weight excluding hydrogens is 348 g/mol. The first-order valence-electron chi connectivity index (χ1n) is 9.41. The Balaban J connectivity index is 1.82. The van der Waals surface area contributed by atoms with E-state index in [2.05, 4.69) is 4.57 Å². The number of nitrogens with two attached hydrogens (primary N) is 1. The summed E-state index contributed by atoms with van der Waals surface area (Å²) in [6.45, 7) is 3.59. The summed E-state index contributed by atoms with van der Waals surface area (Å²) in [7, 11) is 1.58. The van der Waals surface area contributed by atoms with Gasteiger partial charge in [-0.1, -0.05) is 11.4 Å². The molecule has 2 aliphatic heterocycles. The topological polar surface area (TPSA) is 105 Å². The van der Waals surface area contributed by atoms with Crippen molar-refractivity contribution in [1.82, 2.24) is 14.4 Å². The number of urea groups is 1. The van der Waals surface area contributed by atoms with E-state index in [1.807, 2.05) is 18.4 Å². The molecule has 4 amide bonds. The first-order chi connectivity index (χ1) is 12.8. The van der Waals surface area contributed by atoms with Crippen LogP contribution in [-0.2, 0) is 9.59 Å². The van der Waals surface area contributed by atoms with Crippen molar-refractivity contribution >= 4 is 29.6 Å². The van der Waals surface area contributed by atoms with Gasteiger partial charge in [-0.15, -0.1) is 0 Å². The number of imide groups is 1. The average Bonchev–Trinajstić information content (AvgIpc) is 3.14. The molecule has 1 saturated carbocycles. The van der Waals surface area contributed by atoms with Gasteiger partial charge in [-0.05, 0) is 39.5 Å². The van der Waals surface area contributed by atoms with E-state index < -0.39 is 30.4 Å². The van der Waals surface area contributed by atoms with E-state index in [0.717, 1.165) is 29.1 Å². The van der Waals surface area contributed by atoms with Crippen LogP contribution in [0, 0.1) is 13.8 Å². The van der Waals surface area contributed by atoms with Crippen molar-refractivity contribution in [3.63, 3.8) is 0 Å². The average molecular weight is 373 g/mol. The number of hydrogen-bond acceptors (Lipinski definition) is 4. The van der Waals surface area contributed by atoms with E-state index in [1.54, 1.807) is 7.05 Å². The lowest BCUT2D eigenvalue weighted by atomic mass is 9.95. The van der Waals surface area contributed by atoms with Gasteiger partial charge in [0.2, 0.25) is 17.8 Å². The molecule has 27 heavy (non-hydrogen) atoms. The molecule has 2 fully saturated rings. The highest BCUT2D eigenvalue weighted by atomic mass is 16.2. The van der Waals surface area contributed by atoms with Crippen LogP contribution >= 0.6 is 0 Å². The molecule has 1 aromatic rings. The van der Waals surface area contributed by atoms with Gasteiger partial charge in [0.15, 0.2) is 0 Å². The van der Waals surface area contributed by atoms with Crippen molar-refractivity contribution in [2.75, 3.05) is 13.6 Å². The number of likely N-dealkylation sites (N-methyl/N-ethyl adjacent to an activating group) is 1. The molecule has 2 N–H and O–H groups in total. The van der Waals surface area contributed by atoms with Crippen molar-refractivity contribution in [1.29, 1.82) is 0 Å². The van der Waals surface area contributed by atoms with Gasteiger partial charge in [0.05, 0.1) is 6.04 Å². The molecule has 3 aliphatic rings. The molecular formula is C18H25N6O3+. The number of aromatic nitrogens is 2. The molecule has 0 spiro atoms. The third-order valence-electron chi connectivity index (χ3n) is 6.01. The first-order valence-corrected chi connectivity index (χ1v) is 9.41. The SMILES string of the molecule is Cc1c(C)[n+]2c(n1C1CCCCC1)N=C1C2C(=O)N(CC(N)=O)C(=O)N1C. The number of imidazole rings is 1. The summed E-state index contributed by atoms with van der Waals surface area (Å²) >= 11 is 0. The molecule has 1 unspecified atom stereocenters. The number of amidine groups is 1. The van der Waals surface area contributed by atoms with Gasteiger partial charge < -0.3 is 5.73 Å². The maximum Gasteiger partial charge on any atom is 0.402 e. The summed E-state index contributed by atoms with van der Waals surface area (Å²) in [6.07, 6.45) is 5.80. The molecule has 1 atom stereocenters. The predicted molar refractivity (Wildman–Crippen MR) is 96.4 cm³/mol. The molecule has 0 radical (unpaired) electrons. The highest BCUT2D eigenvalue weighted by molar-refractivity contribution is 6.19. The van der Waals surface area contributed by atoms with Crippen LogP contribution in [0.1, 0.15) is 55.6 Å². The largest absolute Gasteiger partial charge is 0.402 e. The molecule has 4 rings (SSSR count). The maximum absolute atomic E-state index is 13.1. The van der Waals surface area contributed by atoms with Crippen LogP contribution in [0.5, 0.6) is 0 Å². The van der Waals surface area contributed by atoms with E-state index in [4.69, 9.17) is 10.7 Å². The van der Waals surface area contributed by atoms with Crippen LogP contribution in [0.25, 0.3) is 0 Å². The van der Waals surface area contributed by atoms with Gasteiger partial charge in [0.25, 0.3) is 5.91 Å². The van der Waals surface area contributed by atoms with Crippen LogP contribution in [-0.4, -0.2) is 51.6 Å². The van der Waals surface area contributed by atoms with Crippen molar-refractivity contribution < 1.29 is 19.0 Å². The smallest absolute Gasteiger partial charge is 0.368 e. The fourth-order valence-corrected chi connectivity index (χ4v) is 4.54. The van der Waals surface area contributed by atoms with Crippen LogP contribution in [0.2, 0.25) is 0 Å². The highest BCUT2D eigenvalue weighted by Crippen LogP contribution is 2.37. The van der Waals surface area contributed by atoms with Gasteiger partial charge in [-0.3, -0.25) is 19.4 Å². The monoisotopic (exact) mass is 373 g/mol. The van der Waals surface area contributed by atoms with Gasteiger partial charge in [0, 0.05) is 7.05 Å². The van der Waals surface area contributed by atoms with Crippen molar-refractivity contribution in [3.05, 3.63) is 11.4 Å². The molecule has 9 heteroatoms. The summed E-state index contributed by atoms with van der Waals surface area (Å²) in [4.78, 5) is 43.9. The predicted octanol–water partition coefficient (Wildman–Crippen LogP) is 0.862. The van der Waals surface area contributed by atoms with Crippen LogP contribution in [0.15, 0.2) is 4.99 Å². The summed E-state index contributed by atoms with van der Waals surface area (Å²) in [5, 5.41) is 0. The number of carbonyl (C=O) groups excluding carboxylic acids is 3. The Labute approximate surface area is 157 Å². The van der Waals surface area contributed by atoms with Crippen LogP contribution in [0.4, 0.5) is 10.7 Å². The third kappa shape index (κ3) is 2.48. The maximum atomic E-state index is 13.1. The second-order valence-corrected chi connectivity index (χ2v) is 7.61. The van der Waals surface area contributed by atoms with E-state index in [9.17, 15) is 14.4 Å². The van der Waals surface area contributed by atoms with Gasteiger partial charge in [-0.25, -0.2) is 13.9 Å². The fraction of sp³-hybridized carbons (Fsp3) is 0.611. The normalized spacial score (nSPS) is 22.8. The number of fused-ring (bicyclic) bond motifs is 3. The standard InChI is InChI=1S/C18H24N6O3/c1-10-11(2)24-14-15(20-17(24)23(10)12-7-5-4-6-8-12)21(3)18(27)22(16(14)26)9-13(19)25/h12,14H,4-9H2,1-3H3,(H-,19,25)/p+1. The number of primary amides is 1. The minimum atomic E-state index is -0.731. The highest BCUT2D eigenvalue weighted by Gasteiger charge is 2.54. The number of carbonyl (C=O) groups is 3. The third-order valence-corrected chi connectivity index (χ3v) is 6.01. The van der Waals surface area contributed by atoms with Crippen LogP contribution in [0.3, 0.4) is 0 Å². The number of rotatable bonds is 3. The first kappa shape index (κ1) is 17.7. The Bertz CT molecular complexity index is 880. The zero-order valence-electron chi connectivity index (χ0n) is 15.9. The Morgan fingerprint density at radius 3 is 2.52 bits per heavy atom. The van der Waals surface area contributed by atoms with Gasteiger partial charge >= 0.3 is 12.0 Å². The summed E-state index contributed by atoms with van der Waals surface area (Å²) < 4.78 is 4.13. The molecule has 0 bridgehead atoms. The molecule has 0 aromatic carbocycles. The van der Waals surface area contributed by atoms with E-state index in [-0.39, 0.29) is 0 Å². The molecule has 1 aromatic heterocycles. The second-order valence-electron chi connectivity index (χ2n) is 7.61. The number of hydrogen-bond donors (Lipinski definition) is 1. The molecule has 1 aliphatic carbocycles. The van der Waals surface area contributed by atoms with Crippen molar-refractivity contribution in [2.24, 2.45) is 10.7 Å². The minimum Gasteiger partial charge on any atom is -0.368 e. The number of amides is 4. The minimum absolute atomic E-state index is 0.357. The lowest BCUT2D eigenvalue weighted by Crippen LogP contribution is -2.64. The molecule has 9 nitrogen and oxygen atoms in total. The molecule has 144 valence electrons. The van der Waals surface area contributed by atoms with E-state index in [1.165, 1.54) is 24.2 Å². The van der Waals surface area contributed by atoms with E-state index >= 15 is 0 Å². The zero-order valence-corrected chi connectivity index (χ0v) is 15.9. The second kappa shape index (κ2) is 6.17. The summed E-state index contributed by atoms with van der Waals surface area (Å²) in [5.41, 5.74) is 7.28. The lowest BCUT2D eigenvalue weighted by Gasteiger charge is -2.32. The molecule has 1 saturated heterocycles. The Morgan fingerprint density at radius 2 is 1.89 bits per heavy atom. The Kier molecular flexibility index (Phi) is 4.05. The lowest BCUT2D eigenvalue weighted by molar-refractivity contribution is -0.683. The molecule has 3 heterocycles. The fourth-order valence-electron chi connectivity index (χ4n) is 4.54. The number of nitrogens with zero attached hydrogens (tertiary/aromatic N) is 5. The summed E-state index contributed by atoms with van der Waals surface area (Å²) in [5.74, 6) is -0.0520. The Hall–Kier alpha value is -2.71. The summed E-state index contributed by atoms with van der Waals surface area (Å²) in [6, 6.07) is -0.945. The Morgan fingerprint density at radius 1 is 1.22 bits per heavy atom. The van der Waals surface area contributed by atoms with Crippen molar-refractivity contribution in [3.8, 4) is 0 Å². The van der Waals surface area contributed by atoms with Crippen LogP contribution < -0.4 is 10.3 Å². The van der Waals surface area contributed by atoms with Gasteiger partial charge in [-0.2, -0.15) is 0 Å². The quantitative estimate of drug-likeness (QED) is 0.795. The van der Waals surface area contributed by atoms with E-state index in [0.29, 0.717) is 17.8 Å². The van der Waals surface area contributed by atoms with Gasteiger partial charge in [0.1, 0.15) is 17.9 Å². The zero-order chi connectivity index (χ0) is 19.5. The number of aliphatic imine (C=N–C) groups is 1.